The van der Waals surface area contributed by atoms with Gasteiger partial charge in [0.25, 0.3) is 0 Å². The number of nitrogens with one attached hydrogen (secondary N) is 1. The first-order valence-corrected chi connectivity index (χ1v) is 7.23. The van der Waals surface area contributed by atoms with E-state index in [2.05, 4.69) is 53.4 Å². The number of ether oxygens (including phenoxy) is 1. The molecule has 0 aliphatic heterocycles. The third-order valence-corrected chi connectivity index (χ3v) is 4.36. The summed E-state index contributed by atoms with van der Waals surface area (Å²) in [6, 6.07) is 12.3. The molecule has 2 rings (SSSR count). The Morgan fingerprint density at radius 3 is 2.40 bits per heavy atom. The van der Waals surface area contributed by atoms with Gasteiger partial charge in [-0.15, -0.1) is 0 Å². The molecule has 3 nitrogen and oxygen atoms in total. The number of rotatable bonds is 4. The van der Waals surface area contributed by atoms with Crippen LogP contribution in [0.3, 0.4) is 0 Å². The van der Waals surface area contributed by atoms with Gasteiger partial charge >= 0.3 is 0 Å². The summed E-state index contributed by atoms with van der Waals surface area (Å²) in [5.41, 5.74) is 7.53. The Morgan fingerprint density at radius 1 is 1.10 bits per heavy atom. The van der Waals surface area contributed by atoms with Crippen molar-refractivity contribution in [1.29, 1.82) is 0 Å². The number of hydrogen-bond acceptors (Lipinski definition) is 3. The fourth-order valence-corrected chi connectivity index (χ4v) is 2.56. The topological polar surface area (TPSA) is 47.3 Å². The van der Waals surface area contributed by atoms with Gasteiger partial charge in [-0.05, 0) is 54.3 Å². The lowest BCUT2D eigenvalue weighted by molar-refractivity contribution is 0.414. The lowest BCUT2D eigenvalue weighted by atomic mass is 9.94. The van der Waals surface area contributed by atoms with Gasteiger partial charge in [-0.25, -0.2) is 5.43 Å². The molecule has 0 aliphatic carbocycles. The Kier molecular flexibility index (Phi) is 4.81. The maximum absolute atomic E-state index is 5.77. The van der Waals surface area contributed by atoms with Gasteiger partial charge < -0.3 is 4.74 Å². The van der Waals surface area contributed by atoms with Crippen molar-refractivity contribution in [3.63, 3.8) is 0 Å². The zero-order valence-corrected chi connectivity index (χ0v) is 13.5. The fraction of sp³-hybridized carbons (Fsp3) is 0.250. The number of benzene rings is 2. The second-order valence-corrected chi connectivity index (χ2v) is 5.69. The molecule has 0 heterocycles. The summed E-state index contributed by atoms with van der Waals surface area (Å²) in [5.74, 6) is 6.63. The van der Waals surface area contributed by atoms with Crippen molar-refractivity contribution in [2.45, 2.75) is 19.9 Å². The van der Waals surface area contributed by atoms with Crippen molar-refractivity contribution in [1.82, 2.24) is 5.43 Å². The molecular formula is C16H19BrN2O. The summed E-state index contributed by atoms with van der Waals surface area (Å²) in [7, 11) is 1.67. The van der Waals surface area contributed by atoms with Gasteiger partial charge in [0, 0.05) is 4.47 Å². The number of methoxy groups -OCH3 is 1. The van der Waals surface area contributed by atoms with Gasteiger partial charge in [0.1, 0.15) is 5.75 Å². The number of hydrazine groups is 1. The zero-order chi connectivity index (χ0) is 14.7. The Balaban J connectivity index is 2.43. The molecule has 0 saturated heterocycles. The summed E-state index contributed by atoms with van der Waals surface area (Å²) < 4.78 is 6.35. The quantitative estimate of drug-likeness (QED) is 0.663. The molecule has 3 N–H and O–H groups in total. The second kappa shape index (κ2) is 6.39. The number of nitrogens with two attached hydrogens (primary N) is 1. The van der Waals surface area contributed by atoms with E-state index in [0.717, 1.165) is 26.9 Å². The fourth-order valence-electron chi connectivity index (χ4n) is 2.31. The van der Waals surface area contributed by atoms with Crippen LogP contribution in [-0.2, 0) is 0 Å². The van der Waals surface area contributed by atoms with Crippen LogP contribution in [0.5, 0.6) is 5.75 Å². The van der Waals surface area contributed by atoms with Crippen LogP contribution in [0, 0.1) is 13.8 Å². The molecule has 0 fully saturated rings. The SMILES string of the molecule is COc1ccc(C(NN)c2ccc(Br)c(C)c2)c(C)c1. The molecular weight excluding hydrogens is 316 g/mol. The molecule has 20 heavy (non-hydrogen) atoms. The molecule has 0 aromatic heterocycles. The summed E-state index contributed by atoms with van der Waals surface area (Å²) in [5, 5.41) is 0. The summed E-state index contributed by atoms with van der Waals surface area (Å²) in [4.78, 5) is 0. The first kappa shape index (κ1) is 15.0. The lowest BCUT2D eigenvalue weighted by Gasteiger charge is -2.20. The van der Waals surface area contributed by atoms with E-state index in [-0.39, 0.29) is 6.04 Å². The molecule has 2 aromatic carbocycles. The van der Waals surface area contributed by atoms with E-state index in [1.807, 2.05) is 18.2 Å². The molecule has 0 amide bonds. The van der Waals surface area contributed by atoms with Crippen molar-refractivity contribution in [3.8, 4) is 5.75 Å². The number of aryl methyl sites for hydroxylation is 2. The highest BCUT2D eigenvalue weighted by atomic mass is 79.9. The Morgan fingerprint density at radius 2 is 1.85 bits per heavy atom. The minimum absolute atomic E-state index is 0.0345. The van der Waals surface area contributed by atoms with Crippen molar-refractivity contribution in [2.24, 2.45) is 5.84 Å². The van der Waals surface area contributed by atoms with E-state index in [4.69, 9.17) is 10.6 Å². The lowest BCUT2D eigenvalue weighted by Crippen LogP contribution is -2.29. The van der Waals surface area contributed by atoms with Gasteiger partial charge in [0.15, 0.2) is 0 Å². The molecule has 1 atom stereocenters. The van der Waals surface area contributed by atoms with Crippen molar-refractivity contribution in [3.05, 3.63) is 63.1 Å². The van der Waals surface area contributed by atoms with E-state index in [9.17, 15) is 0 Å². The Bertz CT molecular complexity index is 613. The minimum atomic E-state index is -0.0345. The van der Waals surface area contributed by atoms with Gasteiger partial charge in [-0.2, -0.15) is 0 Å². The maximum atomic E-state index is 5.77. The van der Waals surface area contributed by atoms with Crippen LogP contribution in [0.2, 0.25) is 0 Å². The zero-order valence-electron chi connectivity index (χ0n) is 11.9. The van der Waals surface area contributed by atoms with E-state index in [1.54, 1.807) is 7.11 Å². The minimum Gasteiger partial charge on any atom is -0.497 e. The molecule has 0 radical (unpaired) electrons. The maximum Gasteiger partial charge on any atom is 0.119 e. The van der Waals surface area contributed by atoms with Crippen molar-refractivity contribution in [2.75, 3.05) is 7.11 Å². The standard InChI is InChI=1S/C16H19BrN2O/c1-10-9-13(20-3)5-6-14(10)16(19-18)12-4-7-15(17)11(2)8-12/h4-9,16,19H,18H2,1-3H3. The molecule has 0 bridgehead atoms. The van der Waals surface area contributed by atoms with E-state index in [1.165, 1.54) is 5.56 Å². The summed E-state index contributed by atoms with van der Waals surface area (Å²) >= 11 is 3.52. The monoisotopic (exact) mass is 334 g/mol. The molecule has 2 aromatic rings. The normalized spacial score (nSPS) is 12.2. The number of hydrogen-bond donors (Lipinski definition) is 2. The van der Waals surface area contributed by atoms with Crippen LogP contribution >= 0.6 is 15.9 Å². The van der Waals surface area contributed by atoms with E-state index in [0.29, 0.717) is 0 Å². The van der Waals surface area contributed by atoms with E-state index >= 15 is 0 Å². The average molecular weight is 335 g/mol. The van der Waals surface area contributed by atoms with Crippen molar-refractivity contribution >= 4 is 15.9 Å². The molecule has 0 spiro atoms. The van der Waals surface area contributed by atoms with Crippen LogP contribution in [0.15, 0.2) is 40.9 Å². The summed E-state index contributed by atoms with van der Waals surface area (Å²) in [6.45, 7) is 4.13. The molecule has 1 unspecified atom stereocenters. The largest absolute Gasteiger partial charge is 0.497 e. The van der Waals surface area contributed by atoms with Gasteiger partial charge in [0.2, 0.25) is 0 Å². The predicted molar refractivity (Wildman–Crippen MR) is 85.8 cm³/mol. The third-order valence-electron chi connectivity index (χ3n) is 3.47. The van der Waals surface area contributed by atoms with Gasteiger partial charge in [0.05, 0.1) is 13.2 Å². The molecule has 4 heteroatoms. The Hall–Kier alpha value is -1.36. The molecule has 0 saturated carbocycles. The highest BCUT2D eigenvalue weighted by molar-refractivity contribution is 9.10. The summed E-state index contributed by atoms with van der Waals surface area (Å²) in [6.07, 6.45) is 0. The second-order valence-electron chi connectivity index (χ2n) is 4.83. The Labute approximate surface area is 128 Å². The van der Waals surface area contributed by atoms with Crippen molar-refractivity contribution < 1.29 is 4.74 Å². The molecule has 106 valence electrons. The van der Waals surface area contributed by atoms with Crippen LogP contribution in [0.4, 0.5) is 0 Å². The average Bonchev–Trinajstić information content (AvgIpc) is 2.45. The first-order chi connectivity index (χ1) is 9.56. The van der Waals surface area contributed by atoms with Crippen LogP contribution in [0.1, 0.15) is 28.3 Å². The smallest absolute Gasteiger partial charge is 0.119 e. The van der Waals surface area contributed by atoms with Gasteiger partial charge in [-0.1, -0.05) is 34.1 Å². The predicted octanol–water partition coefficient (Wildman–Crippen LogP) is 3.63. The van der Waals surface area contributed by atoms with E-state index < -0.39 is 0 Å². The highest BCUT2D eigenvalue weighted by Gasteiger charge is 2.15. The van der Waals surface area contributed by atoms with Crippen LogP contribution < -0.4 is 16.0 Å². The van der Waals surface area contributed by atoms with Crippen LogP contribution in [0.25, 0.3) is 0 Å². The highest BCUT2D eigenvalue weighted by Crippen LogP contribution is 2.29. The van der Waals surface area contributed by atoms with Gasteiger partial charge in [-0.3, -0.25) is 5.84 Å². The first-order valence-electron chi connectivity index (χ1n) is 6.43. The third kappa shape index (κ3) is 3.03. The molecule has 0 aliphatic rings. The van der Waals surface area contributed by atoms with Crippen LogP contribution in [-0.4, -0.2) is 7.11 Å². The number of halogens is 1.